The van der Waals surface area contributed by atoms with Crippen LogP contribution in [-0.4, -0.2) is 61.8 Å². The van der Waals surface area contributed by atoms with Crippen molar-refractivity contribution >= 4 is 0 Å². The molecule has 3 nitrogen and oxygen atoms in total. The molecule has 2 rings (SSSR count). The maximum Gasteiger partial charge on any atom is 0.0571 e. The monoisotopic (exact) mass is 296 g/mol. The first kappa shape index (κ1) is 17.2. The summed E-state index contributed by atoms with van der Waals surface area (Å²) < 4.78 is 5.47. The van der Waals surface area contributed by atoms with Crippen molar-refractivity contribution in [2.45, 2.75) is 77.0 Å². The molecule has 1 saturated carbocycles. The largest absolute Gasteiger partial charge is 0.381 e. The average Bonchev–Trinajstić information content (AvgIpc) is 2.46. The first-order chi connectivity index (χ1) is 10.1. The molecular formula is C18H36N2O. The summed E-state index contributed by atoms with van der Waals surface area (Å²) in [5.41, 5.74) is 0. The van der Waals surface area contributed by atoms with E-state index in [1.807, 2.05) is 7.11 Å². The minimum atomic E-state index is 0.549. The summed E-state index contributed by atoms with van der Waals surface area (Å²) in [6, 6.07) is 1.44. The average molecular weight is 296 g/mol. The molecule has 2 atom stereocenters. The molecule has 0 radical (unpaired) electrons. The fourth-order valence-corrected chi connectivity index (χ4v) is 4.45. The van der Waals surface area contributed by atoms with E-state index in [9.17, 15) is 0 Å². The van der Waals surface area contributed by atoms with Gasteiger partial charge in [-0.1, -0.05) is 12.8 Å². The van der Waals surface area contributed by atoms with Gasteiger partial charge in [0.2, 0.25) is 0 Å². The number of hydrogen-bond donors (Lipinski definition) is 0. The van der Waals surface area contributed by atoms with E-state index in [1.165, 1.54) is 64.6 Å². The number of hydrogen-bond acceptors (Lipinski definition) is 3. The molecule has 0 aromatic carbocycles. The third-order valence-corrected chi connectivity index (χ3v) is 5.69. The van der Waals surface area contributed by atoms with Gasteiger partial charge in [0.15, 0.2) is 0 Å². The van der Waals surface area contributed by atoms with E-state index in [4.69, 9.17) is 4.74 Å². The zero-order valence-corrected chi connectivity index (χ0v) is 14.7. The molecule has 0 aromatic rings. The number of nitrogens with zero attached hydrogens (tertiary/aromatic N) is 2. The Morgan fingerprint density at radius 3 is 2.14 bits per heavy atom. The van der Waals surface area contributed by atoms with Crippen LogP contribution in [0.25, 0.3) is 0 Å². The van der Waals surface area contributed by atoms with Gasteiger partial charge in [0.1, 0.15) is 0 Å². The smallest absolute Gasteiger partial charge is 0.0571 e. The molecule has 0 bridgehead atoms. The Bertz CT molecular complexity index is 277. The van der Waals surface area contributed by atoms with Gasteiger partial charge in [-0.2, -0.15) is 0 Å². The zero-order chi connectivity index (χ0) is 15.2. The van der Waals surface area contributed by atoms with Crippen molar-refractivity contribution in [3.8, 4) is 0 Å². The number of likely N-dealkylation sites (N-methyl/N-ethyl adjacent to an activating group) is 1. The van der Waals surface area contributed by atoms with Crippen molar-refractivity contribution in [1.29, 1.82) is 0 Å². The fraction of sp³-hybridized carbons (Fsp3) is 1.00. The van der Waals surface area contributed by atoms with E-state index in [-0.39, 0.29) is 0 Å². The van der Waals surface area contributed by atoms with E-state index < -0.39 is 0 Å². The number of ether oxygens (including phenoxy) is 1. The third kappa shape index (κ3) is 5.22. The fourth-order valence-electron chi connectivity index (χ4n) is 4.45. The van der Waals surface area contributed by atoms with E-state index in [2.05, 4.69) is 30.7 Å². The lowest BCUT2D eigenvalue weighted by molar-refractivity contribution is 0.0475. The van der Waals surface area contributed by atoms with Crippen LogP contribution in [0.15, 0.2) is 0 Å². The van der Waals surface area contributed by atoms with Gasteiger partial charge in [0.05, 0.1) is 6.10 Å². The van der Waals surface area contributed by atoms with Crippen LogP contribution in [-0.2, 0) is 4.74 Å². The Kier molecular flexibility index (Phi) is 6.97. The molecule has 2 fully saturated rings. The van der Waals surface area contributed by atoms with Gasteiger partial charge < -0.3 is 9.64 Å². The lowest BCUT2D eigenvalue weighted by Crippen LogP contribution is -2.55. The molecule has 3 heteroatoms. The molecule has 0 aromatic heterocycles. The summed E-state index contributed by atoms with van der Waals surface area (Å²) in [7, 11) is 4.12. The molecule has 1 aliphatic carbocycles. The van der Waals surface area contributed by atoms with Gasteiger partial charge in [0.25, 0.3) is 0 Å². The highest BCUT2D eigenvalue weighted by Gasteiger charge is 2.27. The van der Waals surface area contributed by atoms with Crippen molar-refractivity contribution in [1.82, 2.24) is 9.80 Å². The molecule has 2 aliphatic rings. The van der Waals surface area contributed by atoms with Gasteiger partial charge in [-0.25, -0.2) is 0 Å². The molecule has 1 saturated heterocycles. The maximum absolute atomic E-state index is 5.47. The number of rotatable bonds is 6. The molecular weight excluding hydrogens is 260 g/mol. The van der Waals surface area contributed by atoms with Gasteiger partial charge >= 0.3 is 0 Å². The molecule has 0 spiro atoms. The second kappa shape index (κ2) is 8.50. The first-order valence-electron chi connectivity index (χ1n) is 9.07. The van der Waals surface area contributed by atoms with Crippen LogP contribution >= 0.6 is 0 Å². The highest BCUT2D eigenvalue weighted by Crippen LogP contribution is 2.29. The minimum Gasteiger partial charge on any atom is -0.381 e. The third-order valence-electron chi connectivity index (χ3n) is 5.69. The van der Waals surface area contributed by atoms with E-state index in [0.717, 1.165) is 18.0 Å². The van der Waals surface area contributed by atoms with Gasteiger partial charge in [-0.3, -0.25) is 4.90 Å². The molecule has 1 heterocycles. The molecule has 0 unspecified atom stereocenters. The minimum absolute atomic E-state index is 0.549. The van der Waals surface area contributed by atoms with Crippen molar-refractivity contribution in [3.63, 3.8) is 0 Å². The number of piperazine rings is 1. The molecule has 21 heavy (non-hydrogen) atoms. The summed E-state index contributed by atoms with van der Waals surface area (Å²) in [4.78, 5) is 5.20. The predicted octanol–water partition coefficient (Wildman–Crippen LogP) is 3.39. The van der Waals surface area contributed by atoms with Crippen LogP contribution in [0.5, 0.6) is 0 Å². The Labute approximate surface area is 132 Å². The topological polar surface area (TPSA) is 15.7 Å². The quantitative estimate of drug-likeness (QED) is 0.699. The second-order valence-electron chi connectivity index (χ2n) is 7.53. The molecule has 1 aliphatic heterocycles. The zero-order valence-electron chi connectivity index (χ0n) is 14.7. The summed E-state index contributed by atoms with van der Waals surface area (Å²) in [5.74, 6) is 0.971. The molecule has 0 N–H and O–H groups in total. The van der Waals surface area contributed by atoms with Gasteiger partial charge in [-0.05, 0) is 65.5 Å². The Balaban J connectivity index is 1.59. The highest BCUT2D eigenvalue weighted by molar-refractivity contribution is 4.83. The van der Waals surface area contributed by atoms with Crippen molar-refractivity contribution < 1.29 is 4.74 Å². The van der Waals surface area contributed by atoms with Gasteiger partial charge in [-0.15, -0.1) is 0 Å². The Hall–Kier alpha value is -0.120. The van der Waals surface area contributed by atoms with Crippen LogP contribution in [0, 0.1) is 5.92 Å². The SMILES string of the molecule is COC1CCC(CCCCN2[C@@H](C)CN(C)C[C@@H]2C)CC1. The second-order valence-corrected chi connectivity index (χ2v) is 7.53. The van der Waals surface area contributed by atoms with Crippen LogP contribution in [0.2, 0.25) is 0 Å². The van der Waals surface area contributed by atoms with Crippen LogP contribution in [0.4, 0.5) is 0 Å². The van der Waals surface area contributed by atoms with Crippen LogP contribution in [0.3, 0.4) is 0 Å². The summed E-state index contributed by atoms with van der Waals surface area (Å²) >= 11 is 0. The van der Waals surface area contributed by atoms with E-state index >= 15 is 0 Å². The summed E-state index contributed by atoms with van der Waals surface area (Å²) in [6.07, 6.45) is 10.1. The van der Waals surface area contributed by atoms with Crippen LogP contribution < -0.4 is 0 Å². The highest BCUT2D eigenvalue weighted by atomic mass is 16.5. The Morgan fingerprint density at radius 2 is 1.57 bits per heavy atom. The summed E-state index contributed by atoms with van der Waals surface area (Å²) in [6.45, 7) is 8.52. The lowest BCUT2D eigenvalue weighted by Gasteiger charge is -2.43. The standard InChI is InChI=1S/C18H36N2O/c1-15-13-19(3)14-16(2)20(15)12-6-5-7-17-8-10-18(21-4)11-9-17/h15-18H,5-14H2,1-4H3/t15-,16-,17?,18?/m0/s1. The normalized spacial score (nSPS) is 36.0. The van der Waals surface area contributed by atoms with Crippen molar-refractivity contribution in [3.05, 3.63) is 0 Å². The maximum atomic E-state index is 5.47. The van der Waals surface area contributed by atoms with Crippen molar-refractivity contribution in [2.24, 2.45) is 5.92 Å². The predicted molar refractivity (Wildman–Crippen MR) is 89.7 cm³/mol. The number of methoxy groups -OCH3 is 1. The first-order valence-corrected chi connectivity index (χ1v) is 9.07. The van der Waals surface area contributed by atoms with Gasteiger partial charge in [0, 0.05) is 32.3 Å². The Morgan fingerprint density at radius 1 is 0.952 bits per heavy atom. The molecule has 0 amide bonds. The van der Waals surface area contributed by atoms with E-state index in [1.54, 1.807) is 0 Å². The number of unbranched alkanes of at least 4 members (excludes halogenated alkanes) is 1. The lowest BCUT2D eigenvalue weighted by atomic mass is 9.84. The van der Waals surface area contributed by atoms with E-state index in [0.29, 0.717) is 6.10 Å². The molecule has 124 valence electrons. The van der Waals surface area contributed by atoms with Crippen molar-refractivity contribution in [2.75, 3.05) is 33.8 Å². The summed E-state index contributed by atoms with van der Waals surface area (Å²) in [5, 5.41) is 0. The van der Waals surface area contributed by atoms with Crippen LogP contribution in [0.1, 0.15) is 58.8 Å².